The second-order valence-electron chi connectivity index (χ2n) is 6.30. The molecule has 1 N–H and O–H groups in total. The van der Waals surface area contributed by atoms with Crippen LogP contribution in [-0.4, -0.2) is 25.5 Å². The van der Waals surface area contributed by atoms with Gasteiger partial charge in [0, 0.05) is 18.3 Å². The Balaban J connectivity index is 1.69. The maximum absolute atomic E-state index is 12.5. The van der Waals surface area contributed by atoms with Crippen LogP contribution in [0.1, 0.15) is 39.9 Å². The Morgan fingerprint density at radius 3 is 2.63 bits per heavy atom. The van der Waals surface area contributed by atoms with Gasteiger partial charge in [0.1, 0.15) is 5.69 Å². The molecule has 0 atom stereocenters. The van der Waals surface area contributed by atoms with E-state index in [0.717, 1.165) is 23.5 Å². The minimum absolute atomic E-state index is 0.176. The quantitative estimate of drug-likeness (QED) is 0.673. The SMILES string of the molecule is CCn1cc(Cl)c(CNC(=O)c2cccc(Cn3nc(C)c(Cl)c3C)c2)n1. The first-order valence-electron chi connectivity index (χ1n) is 8.67. The Kier molecular flexibility index (Phi) is 5.87. The van der Waals surface area contributed by atoms with Crippen molar-refractivity contribution in [1.82, 2.24) is 24.9 Å². The Labute approximate surface area is 168 Å². The van der Waals surface area contributed by atoms with Crippen LogP contribution in [0.5, 0.6) is 0 Å². The van der Waals surface area contributed by atoms with Gasteiger partial charge in [-0.15, -0.1) is 0 Å². The summed E-state index contributed by atoms with van der Waals surface area (Å²) in [4.78, 5) is 12.5. The molecule has 1 amide bonds. The van der Waals surface area contributed by atoms with Crippen LogP contribution < -0.4 is 5.32 Å². The topological polar surface area (TPSA) is 64.7 Å². The molecular formula is C19H21Cl2N5O. The van der Waals surface area contributed by atoms with Gasteiger partial charge in [0.25, 0.3) is 5.91 Å². The zero-order valence-electron chi connectivity index (χ0n) is 15.5. The summed E-state index contributed by atoms with van der Waals surface area (Å²) in [6.45, 7) is 7.34. The molecule has 0 aliphatic carbocycles. The number of halogens is 2. The normalized spacial score (nSPS) is 11.0. The maximum Gasteiger partial charge on any atom is 0.251 e. The van der Waals surface area contributed by atoms with Crippen LogP contribution in [0.15, 0.2) is 30.5 Å². The smallest absolute Gasteiger partial charge is 0.251 e. The van der Waals surface area contributed by atoms with E-state index in [1.54, 1.807) is 16.9 Å². The molecule has 3 rings (SSSR count). The molecule has 27 heavy (non-hydrogen) atoms. The summed E-state index contributed by atoms with van der Waals surface area (Å²) in [6.07, 6.45) is 1.75. The highest BCUT2D eigenvalue weighted by atomic mass is 35.5. The fourth-order valence-electron chi connectivity index (χ4n) is 2.80. The Morgan fingerprint density at radius 2 is 2.00 bits per heavy atom. The number of benzene rings is 1. The van der Waals surface area contributed by atoms with Crippen molar-refractivity contribution in [3.63, 3.8) is 0 Å². The molecule has 3 aromatic rings. The van der Waals surface area contributed by atoms with Gasteiger partial charge in [-0.2, -0.15) is 10.2 Å². The van der Waals surface area contributed by atoms with Crippen LogP contribution in [0.25, 0.3) is 0 Å². The van der Waals surface area contributed by atoms with Gasteiger partial charge >= 0.3 is 0 Å². The van der Waals surface area contributed by atoms with E-state index in [4.69, 9.17) is 23.2 Å². The summed E-state index contributed by atoms with van der Waals surface area (Å²) in [5, 5.41) is 12.9. The molecule has 0 aliphatic rings. The van der Waals surface area contributed by atoms with Crippen LogP contribution in [0.3, 0.4) is 0 Å². The zero-order valence-corrected chi connectivity index (χ0v) is 17.0. The molecule has 142 valence electrons. The molecule has 1 aromatic carbocycles. The summed E-state index contributed by atoms with van der Waals surface area (Å²) >= 11 is 12.3. The average Bonchev–Trinajstić information content (AvgIpc) is 3.14. The van der Waals surface area contributed by atoms with E-state index in [1.807, 2.05) is 43.7 Å². The molecule has 0 bridgehead atoms. The summed E-state index contributed by atoms with van der Waals surface area (Å²) in [7, 11) is 0. The second-order valence-corrected chi connectivity index (χ2v) is 7.09. The van der Waals surface area contributed by atoms with Crippen LogP contribution in [0.4, 0.5) is 0 Å². The monoisotopic (exact) mass is 405 g/mol. The van der Waals surface area contributed by atoms with Crippen LogP contribution in [-0.2, 0) is 19.6 Å². The van der Waals surface area contributed by atoms with Gasteiger partial charge in [0.15, 0.2) is 0 Å². The number of rotatable bonds is 6. The first-order valence-corrected chi connectivity index (χ1v) is 9.43. The van der Waals surface area contributed by atoms with E-state index in [9.17, 15) is 4.79 Å². The van der Waals surface area contributed by atoms with Crippen LogP contribution in [0.2, 0.25) is 10.0 Å². The predicted molar refractivity (Wildman–Crippen MR) is 106 cm³/mol. The molecule has 0 fully saturated rings. The summed E-state index contributed by atoms with van der Waals surface area (Å²) in [5.41, 5.74) is 3.90. The zero-order chi connectivity index (χ0) is 19.6. The number of nitrogens with one attached hydrogen (secondary N) is 1. The number of aromatic nitrogens is 4. The predicted octanol–water partition coefficient (Wildman–Crippen LogP) is 4.00. The van der Waals surface area contributed by atoms with E-state index in [2.05, 4.69) is 15.5 Å². The summed E-state index contributed by atoms with van der Waals surface area (Å²) < 4.78 is 3.58. The van der Waals surface area contributed by atoms with Crippen LogP contribution in [0, 0.1) is 13.8 Å². The highest BCUT2D eigenvalue weighted by Gasteiger charge is 2.12. The number of carbonyl (C=O) groups is 1. The van der Waals surface area contributed by atoms with E-state index in [1.165, 1.54) is 0 Å². The second kappa shape index (κ2) is 8.15. The van der Waals surface area contributed by atoms with Crippen molar-refractivity contribution in [3.05, 3.63) is 68.7 Å². The van der Waals surface area contributed by atoms with Crippen molar-refractivity contribution in [2.45, 2.75) is 40.4 Å². The molecule has 0 saturated heterocycles. The standard InChI is InChI=1S/C19H21Cl2N5O/c1-4-25-11-16(20)17(24-25)9-22-19(27)15-7-5-6-14(8-15)10-26-13(3)18(21)12(2)23-26/h5-8,11H,4,9-10H2,1-3H3,(H,22,27). The summed E-state index contributed by atoms with van der Waals surface area (Å²) in [5.74, 6) is -0.176. The molecular weight excluding hydrogens is 385 g/mol. The highest BCUT2D eigenvalue weighted by molar-refractivity contribution is 6.31. The van der Waals surface area contributed by atoms with Crippen molar-refractivity contribution >= 4 is 29.1 Å². The van der Waals surface area contributed by atoms with Crippen molar-refractivity contribution in [1.29, 1.82) is 0 Å². The number of aryl methyl sites for hydroxylation is 2. The minimum atomic E-state index is -0.176. The van der Waals surface area contributed by atoms with Gasteiger partial charge in [0.05, 0.1) is 34.5 Å². The third-order valence-electron chi connectivity index (χ3n) is 4.34. The Bertz CT molecular complexity index is 977. The van der Waals surface area contributed by atoms with Crippen molar-refractivity contribution in [2.24, 2.45) is 0 Å². The van der Waals surface area contributed by atoms with E-state index < -0.39 is 0 Å². The van der Waals surface area contributed by atoms with Crippen LogP contribution >= 0.6 is 23.2 Å². The molecule has 2 heterocycles. The average molecular weight is 406 g/mol. The lowest BCUT2D eigenvalue weighted by Crippen LogP contribution is -2.23. The molecule has 6 nitrogen and oxygen atoms in total. The largest absolute Gasteiger partial charge is 0.346 e. The number of hydrogen-bond acceptors (Lipinski definition) is 3. The minimum Gasteiger partial charge on any atom is -0.346 e. The number of carbonyl (C=O) groups excluding carboxylic acids is 1. The van der Waals surface area contributed by atoms with Gasteiger partial charge in [-0.1, -0.05) is 35.3 Å². The molecule has 0 saturated carbocycles. The molecule has 0 unspecified atom stereocenters. The summed E-state index contributed by atoms with van der Waals surface area (Å²) in [6, 6.07) is 7.45. The van der Waals surface area contributed by atoms with Crippen molar-refractivity contribution in [2.75, 3.05) is 0 Å². The van der Waals surface area contributed by atoms with Gasteiger partial charge in [-0.25, -0.2) is 0 Å². The molecule has 2 aromatic heterocycles. The van der Waals surface area contributed by atoms with E-state index in [0.29, 0.717) is 27.8 Å². The number of amides is 1. The Hall–Kier alpha value is -2.31. The van der Waals surface area contributed by atoms with Gasteiger partial charge < -0.3 is 5.32 Å². The van der Waals surface area contributed by atoms with Gasteiger partial charge in [-0.3, -0.25) is 14.2 Å². The lowest BCUT2D eigenvalue weighted by Gasteiger charge is -2.08. The molecule has 8 heteroatoms. The van der Waals surface area contributed by atoms with E-state index >= 15 is 0 Å². The van der Waals surface area contributed by atoms with E-state index in [-0.39, 0.29) is 12.5 Å². The number of nitrogens with zero attached hydrogens (tertiary/aromatic N) is 4. The first kappa shape index (κ1) is 19.5. The third-order valence-corrected chi connectivity index (χ3v) is 5.21. The first-order chi connectivity index (χ1) is 12.9. The maximum atomic E-state index is 12.5. The molecule has 0 spiro atoms. The highest BCUT2D eigenvalue weighted by Crippen LogP contribution is 2.20. The fourth-order valence-corrected chi connectivity index (χ4v) is 3.15. The van der Waals surface area contributed by atoms with Gasteiger partial charge in [-0.05, 0) is 38.5 Å². The lowest BCUT2D eigenvalue weighted by atomic mass is 10.1. The molecule has 0 aliphatic heterocycles. The number of hydrogen-bond donors (Lipinski definition) is 1. The fraction of sp³-hybridized carbons (Fsp3) is 0.316. The Morgan fingerprint density at radius 1 is 1.22 bits per heavy atom. The lowest BCUT2D eigenvalue weighted by molar-refractivity contribution is 0.0950. The van der Waals surface area contributed by atoms with Gasteiger partial charge in [0.2, 0.25) is 0 Å². The third kappa shape index (κ3) is 4.34. The van der Waals surface area contributed by atoms with Crippen molar-refractivity contribution in [3.8, 4) is 0 Å². The van der Waals surface area contributed by atoms with Crippen molar-refractivity contribution < 1.29 is 4.79 Å². The molecule has 0 radical (unpaired) electrons.